The molecule has 2 atom stereocenters. The van der Waals surface area contributed by atoms with Crippen LogP contribution in [0.4, 0.5) is 0 Å². The van der Waals surface area contributed by atoms with E-state index in [-0.39, 0.29) is 5.75 Å². The summed E-state index contributed by atoms with van der Waals surface area (Å²) in [4.78, 5) is 21.6. The molecule has 0 radical (unpaired) electrons. The average molecular weight is 255 g/mol. The molecule has 4 N–H and O–H groups in total. The average Bonchev–Trinajstić information content (AvgIpc) is 2.29. The second-order valence-electron chi connectivity index (χ2n) is 3.41. The largest absolute Gasteiger partial charge is 0.480 e. The fraction of sp³-hybridized carbons (Fsp3) is 0.273. The van der Waals surface area contributed by atoms with Gasteiger partial charge in [0.15, 0.2) is 0 Å². The lowest BCUT2D eigenvalue weighted by Crippen LogP contribution is -2.33. The molecule has 0 saturated carbocycles. The van der Waals surface area contributed by atoms with Gasteiger partial charge < -0.3 is 15.9 Å². The Bertz CT molecular complexity index is 396. The van der Waals surface area contributed by atoms with Gasteiger partial charge in [0.2, 0.25) is 0 Å². The van der Waals surface area contributed by atoms with Crippen molar-refractivity contribution in [3.63, 3.8) is 0 Å². The van der Waals surface area contributed by atoms with Gasteiger partial charge in [-0.15, -0.1) is 11.8 Å². The van der Waals surface area contributed by atoms with Gasteiger partial charge >= 0.3 is 11.9 Å². The molecule has 0 spiro atoms. The Hall–Kier alpha value is -1.53. The molecule has 1 rings (SSSR count). The lowest BCUT2D eigenvalue weighted by atomic mass is 10.1. The van der Waals surface area contributed by atoms with Gasteiger partial charge in [-0.2, -0.15) is 0 Å². The Balaban J connectivity index is 2.69. The number of aliphatic carboxylic acids is 2. The number of carbonyl (C=O) groups is 2. The van der Waals surface area contributed by atoms with Crippen molar-refractivity contribution in [2.45, 2.75) is 11.3 Å². The predicted molar refractivity (Wildman–Crippen MR) is 64.9 cm³/mol. The molecule has 5 nitrogen and oxygen atoms in total. The van der Waals surface area contributed by atoms with Crippen molar-refractivity contribution in [3.8, 4) is 0 Å². The maximum atomic E-state index is 11.1. The number of benzene rings is 1. The molecule has 1 aromatic carbocycles. The Morgan fingerprint density at radius 1 is 1.18 bits per heavy atom. The normalized spacial score (nSPS) is 13.9. The molecule has 0 aliphatic heterocycles. The van der Waals surface area contributed by atoms with Gasteiger partial charge in [-0.1, -0.05) is 30.3 Å². The highest BCUT2D eigenvalue weighted by Gasteiger charge is 2.22. The van der Waals surface area contributed by atoms with Crippen LogP contribution in [-0.4, -0.2) is 33.9 Å². The first-order chi connectivity index (χ1) is 8.02. The summed E-state index contributed by atoms with van der Waals surface area (Å²) in [6.45, 7) is 0. The second kappa shape index (κ2) is 6.27. The topological polar surface area (TPSA) is 101 Å². The number of hydrogen-bond donors (Lipinski definition) is 3. The zero-order valence-electron chi connectivity index (χ0n) is 8.95. The van der Waals surface area contributed by atoms with E-state index in [2.05, 4.69) is 0 Å². The van der Waals surface area contributed by atoms with Gasteiger partial charge in [0.25, 0.3) is 0 Å². The van der Waals surface area contributed by atoms with Gasteiger partial charge in [0, 0.05) is 5.75 Å². The van der Waals surface area contributed by atoms with Crippen LogP contribution in [0.15, 0.2) is 30.3 Å². The fourth-order valence-electron chi connectivity index (χ4n) is 1.21. The van der Waals surface area contributed by atoms with Crippen LogP contribution in [0.2, 0.25) is 0 Å². The number of carboxylic acid groups (broad SMARTS) is 2. The molecule has 0 heterocycles. The molecule has 17 heavy (non-hydrogen) atoms. The summed E-state index contributed by atoms with van der Waals surface area (Å²) in [6.07, 6.45) is 0. The third kappa shape index (κ3) is 4.08. The van der Waals surface area contributed by atoms with Crippen molar-refractivity contribution in [3.05, 3.63) is 35.9 Å². The lowest BCUT2D eigenvalue weighted by molar-refractivity contribution is -0.138. The first kappa shape index (κ1) is 13.5. The molecule has 0 aliphatic carbocycles. The minimum absolute atomic E-state index is 0.0567. The van der Waals surface area contributed by atoms with Crippen LogP contribution in [0.1, 0.15) is 10.8 Å². The van der Waals surface area contributed by atoms with Crippen molar-refractivity contribution in [2.24, 2.45) is 5.73 Å². The van der Waals surface area contributed by atoms with E-state index in [0.29, 0.717) is 5.56 Å². The van der Waals surface area contributed by atoms with E-state index in [1.807, 2.05) is 0 Å². The predicted octanol–water partition coefficient (Wildman–Crippen LogP) is 0.957. The van der Waals surface area contributed by atoms with E-state index in [1.54, 1.807) is 30.3 Å². The summed E-state index contributed by atoms with van der Waals surface area (Å²) in [7, 11) is 0. The maximum Gasteiger partial charge on any atom is 0.321 e. The second-order valence-corrected chi connectivity index (χ2v) is 4.55. The van der Waals surface area contributed by atoms with E-state index >= 15 is 0 Å². The summed E-state index contributed by atoms with van der Waals surface area (Å²) in [6, 6.07) is 7.60. The van der Waals surface area contributed by atoms with Crippen LogP contribution in [0.3, 0.4) is 0 Å². The molecule has 92 valence electrons. The van der Waals surface area contributed by atoms with Crippen molar-refractivity contribution in [1.82, 2.24) is 0 Å². The van der Waals surface area contributed by atoms with E-state index in [9.17, 15) is 9.59 Å². The van der Waals surface area contributed by atoms with E-state index in [4.69, 9.17) is 15.9 Å². The Morgan fingerprint density at radius 3 is 2.24 bits per heavy atom. The molecule has 0 saturated heterocycles. The van der Waals surface area contributed by atoms with Gasteiger partial charge in [-0.3, -0.25) is 9.59 Å². The third-order valence-corrected chi connectivity index (χ3v) is 3.44. The minimum atomic E-state index is -1.13. The quantitative estimate of drug-likeness (QED) is 0.700. The number of carboxylic acids is 2. The highest BCUT2D eigenvalue weighted by Crippen LogP contribution is 2.29. The smallest absolute Gasteiger partial charge is 0.321 e. The minimum Gasteiger partial charge on any atom is -0.480 e. The molecule has 0 amide bonds. The Labute approximate surface area is 103 Å². The maximum absolute atomic E-state index is 11.1. The summed E-state index contributed by atoms with van der Waals surface area (Å²) in [5.74, 6) is -2.07. The van der Waals surface area contributed by atoms with E-state index in [1.165, 1.54) is 0 Å². The molecule has 0 aliphatic rings. The molecule has 0 aromatic heterocycles. The van der Waals surface area contributed by atoms with Gasteiger partial charge in [-0.25, -0.2) is 0 Å². The summed E-state index contributed by atoms with van der Waals surface area (Å²) < 4.78 is 0. The number of hydrogen-bond acceptors (Lipinski definition) is 4. The SMILES string of the molecule is N[C@@H](CSC(C(=O)O)c1ccccc1)C(=O)O. The number of nitrogens with two attached hydrogens (primary N) is 1. The van der Waals surface area contributed by atoms with Gasteiger partial charge in [0.1, 0.15) is 11.3 Å². The highest BCUT2D eigenvalue weighted by atomic mass is 32.2. The van der Waals surface area contributed by atoms with Crippen LogP contribution in [0.5, 0.6) is 0 Å². The summed E-state index contributed by atoms with van der Waals surface area (Å²) in [5, 5.41) is 16.9. The zero-order valence-corrected chi connectivity index (χ0v) is 9.76. The third-order valence-electron chi connectivity index (χ3n) is 2.09. The van der Waals surface area contributed by atoms with Crippen molar-refractivity contribution >= 4 is 23.7 Å². The van der Waals surface area contributed by atoms with E-state index < -0.39 is 23.2 Å². The fourth-order valence-corrected chi connectivity index (χ4v) is 2.24. The van der Waals surface area contributed by atoms with Gasteiger partial charge in [-0.05, 0) is 5.56 Å². The van der Waals surface area contributed by atoms with Crippen LogP contribution in [0.25, 0.3) is 0 Å². The van der Waals surface area contributed by atoms with Crippen molar-refractivity contribution in [1.29, 1.82) is 0 Å². The first-order valence-corrected chi connectivity index (χ1v) is 5.95. The molecular weight excluding hydrogens is 242 g/mol. The standard InChI is InChI=1S/C11H13NO4S/c12-8(10(13)14)6-17-9(11(15)16)7-4-2-1-3-5-7/h1-5,8-9H,6,12H2,(H,13,14)(H,15,16)/t8-,9?/m0/s1. The number of rotatable bonds is 6. The Morgan fingerprint density at radius 2 is 1.76 bits per heavy atom. The lowest BCUT2D eigenvalue weighted by Gasteiger charge is -2.13. The molecule has 1 unspecified atom stereocenters. The van der Waals surface area contributed by atoms with E-state index in [0.717, 1.165) is 11.8 Å². The molecular formula is C11H13NO4S. The first-order valence-electron chi connectivity index (χ1n) is 4.90. The van der Waals surface area contributed by atoms with Crippen molar-refractivity contribution < 1.29 is 19.8 Å². The van der Waals surface area contributed by atoms with Gasteiger partial charge in [0.05, 0.1) is 0 Å². The Kier molecular flexibility index (Phi) is 4.99. The zero-order chi connectivity index (χ0) is 12.8. The molecule has 0 bridgehead atoms. The van der Waals surface area contributed by atoms with Crippen LogP contribution in [0, 0.1) is 0 Å². The van der Waals surface area contributed by atoms with Crippen LogP contribution >= 0.6 is 11.8 Å². The monoisotopic (exact) mass is 255 g/mol. The summed E-state index contributed by atoms with van der Waals surface area (Å²) >= 11 is 1.01. The summed E-state index contributed by atoms with van der Waals surface area (Å²) in [5.41, 5.74) is 5.96. The van der Waals surface area contributed by atoms with Crippen LogP contribution in [-0.2, 0) is 9.59 Å². The van der Waals surface area contributed by atoms with Crippen LogP contribution < -0.4 is 5.73 Å². The molecule has 1 aromatic rings. The highest BCUT2D eigenvalue weighted by molar-refractivity contribution is 8.00. The number of thioether (sulfide) groups is 1. The molecule has 6 heteroatoms. The molecule has 0 fully saturated rings. The van der Waals surface area contributed by atoms with Crippen molar-refractivity contribution in [2.75, 3.05) is 5.75 Å².